The molecule has 20 heavy (non-hydrogen) atoms. The number of aryl methyl sites for hydroxylation is 3. The molecule has 0 saturated carbocycles. The topological polar surface area (TPSA) is 51.8 Å². The van der Waals surface area contributed by atoms with Crippen LogP contribution in [0.5, 0.6) is 0 Å². The lowest BCUT2D eigenvalue weighted by Gasteiger charge is -2.13. The van der Waals surface area contributed by atoms with Crippen molar-refractivity contribution in [3.05, 3.63) is 46.5 Å². The molecular formula is C15H18FN3S. The quantitative estimate of drug-likeness (QED) is 0.876. The number of halogens is 1. The van der Waals surface area contributed by atoms with Gasteiger partial charge in [-0.2, -0.15) is 0 Å². The van der Waals surface area contributed by atoms with Crippen LogP contribution < -0.4 is 5.73 Å². The van der Waals surface area contributed by atoms with E-state index in [-0.39, 0.29) is 11.9 Å². The Hall–Kier alpha value is -1.46. The van der Waals surface area contributed by atoms with Gasteiger partial charge in [0.1, 0.15) is 5.82 Å². The lowest BCUT2D eigenvalue weighted by Crippen LogP contribution is -2.08. The second-order valence-electron chi connectivity index (χ2n) is 4.96. The van der Waals surface area contributed by atoms with E-state index in [4.69, 9.17) is 5.73 Å². The second kappa shape index (κ2) is 5.89. The average molecular weight is 291 g/mol. The summed E-state index contributed by atoms with van der Waals surface area (Å²) >= 11 is 1.42. The molecular weight excluding hydrogens is 273 g/mol. The summed E-state index contributed by atoms with van der Waals surface area (Å²) in [6.45, 7) is 7.45. The summed E-state index contributed by atoms with van der Waals surface area (Å²) in [5.41, 5.74) is 9.14. The molecule has 106 valence electrons. The maximum Gasteiger partial charge on any atom is 0.192 e. The van der Waals surface area contributed by atoms with Crippen molar-refractivity contribution in [1.29, 1.82) is 0 Å². The van der Waals surface area contributed by atoms with Gasteiger partial charge < -0.3 is 5.73 Å². The molecule has 3 nitrogen and oxygen atoms in total. The van der Waals surface area contributed by atoms with Gasteiger partial charge in [-0.15, -0.1) is 0 Å². The van der Waals surface area contributed by atoms with Gasteiger partial charge in [0, 0.05) is 22.3 Å². The maximum atomic E-state index is 13.7. The molecule has 1 aromatic heterocycles. The number of nitrogens with two attached hydrogens (primary N) is 1. The van der Waals surface area contributed by atoms with Crippen LogP contribution in [0.25, 0.3) is 0 Å². The third-order valence-corrected chi connectivity index (χ3v) is 3.88. The molecule has 2 aromatic rings. The minimum Gasteiger partial charge on any atom is -0.324 e. The summed E-state index contributed by atoms with van der Waals surface area (Å²) in [6, 6.07) is 5.00. The SMILES string of the molecule is Cc1cc(C)nc(Sc2cc(C)c(F)cc2C(C)N)n1. The van der Waals surface area contributed by atoms with Crippen molar-refractivity contribution in [1.82, 2.24) is 9.97 Å². The van der Waals surface area contributed by atoms with Gasteiger partial charge in [-0.1, -0.05) is 0 Å². The van der Waals surface area contributed by atoms with Crippen molar-refractivity contribution in [2.75, 3.05) is 0 Å². The molecule has 0 aliphatic carbocycles. The number of hydrogen-bond acceptors (Lipinski definition) is 4. The molecule has 0 fully saturated rings. The van der Waals surface area contributed by atoms with E-state index in [0.29, 0.717) is 10.7 Å². The van der Waals surface area contributed by atoms with E-state index >= 15 is 0 Å². The van der Waals surface area contributed by atoms with Gasteiger partial charge in [0.2, 0.25) is 0 Å². The van der Waals surface area contributed by atoms with E-state index in [0.717, 1.165) is 21.8 Å². The average Bonchev–Trinajstić information content (AvgIpc) is 2.31. The summed E-state index contributed by atoms with van der Waals surface area (Å²) in [6.07, 6.45) is 0. The van der Waals surface area contributed by atoms with Crippen LogP contribution >= 0.6 is 11.8 Å². The fourth-order valence-corrected chi connectivity index (χ4v) is 3.13. The first-order chi connectivity index (χ1) is 9.36. The zero-order valence-corrected chi connectivity index (χ0v) is 12.9. The number of aromatic nitrogens is 2. The summed E-state index contributed by atoms with van der Waals surface area (Å²) < 4.78 is 13.7. The Morgan fingerprint density at radius 1 is 1.10 bits per heavy atom. The van der Waals surface area contributed by atoms with Crippen molar-refractivity contribution in [2.45, 2.75) is 43.8 Å². The monoisotopic (exact) mass is 291 g/mol. The molecule has 2 rings (SSSR count). The van der Waals surface area contributed by atoms with Gasteiger partial charge in [-0.25, -0.2) is 14.4 Å². The fourth-order valence-electron chi connectivity index (χ4n) is 1.95. The Morgan fingerprint density at radius 3 is 2.25 bits per heavy atom. The Morgan fingerprint density at radius 2 is 1.70 bits per heavy atom. The highest BCUT2D eigenvalue weighted by atomic mass is 32.2. The van der Waals surface area contributed by atoms with E-state index < -0.39 is 0 Å². The predicted octanol–water partition coefficient (Wildman–Crippen LogP) is 3.71. The number of benzene rings is 1. The zero-order chi connectivity index (χ0) is 14.9. The highest BCUT2D eigenvalue weighted by molar-refractivity contribution is 7.99. The van der Waals surface area contributed by atoms with Crippen LogP contribution in [0.1, 0.15) is 35.5 Å². The second-order valence-corrected chi connectivity index (χ2v) is 5.97. The predicted molar refractivity (Wildman–Crippen MR) is 79.4 cm³/mol. The van der Waals surface area contributed by atoms with E-state index in [1.807, 2.05) is 26.8 Å². The molecule has 0 aliphatic rings. The first-order valence-electron chi connectivity index (χ1n) is 6.42. The fraction of sp³-hybridized carbons (Fsp3) is 0.333. The van der Waals surface area contributed by atoms with Gasteiger partial charge in [-0.05, 0) is 68.8 Å². The normalized spacial score (nSPS) is 12.5. The van der Waals surface area contributed by atoms with Crippen LogP contribution in [0.15, 0.2) is 28.3 Å². The van der Waals surface area contributed by atoms with Crippen LogP contribution in [0, 0.1) is 26.6 Å². The van der Waals surface area contributed by atoms with Crippen molar-refractivity contribution < 1.29 is 4.39 Å². The van der Waals surface area contributed by atoms with Crippen LogP contribution in [-0.4, -0.2) is 9.97 Å². The maximum absolute atomic E-state index is 13.7. The Bertz CT molecular complexity index is 621. The number of nitrogens with zero attached hydrogens (tertiary/aromatic N) is 2. The standard InChI is InChI=1S/C15H18FN3S/c1-8-5-14(12(11(4)17)7-13(8)16)20-15-18-9(2)6-10(3)19-15/h5-7,11H,17H2,1-4H3. The number of hydrogen-bond donors (Lipinski definition) is 1. The summed E-state index contributed by atoms with van der Waals surface area (Å²) in [5.74, 6) is -0.233. The lowest BCUT2D eigenvalue weighted by molar-refractivity contribution is 0.610. The minimum atomic E-state index is -0.237. The van der Waals surface area contributed by atoms with E-state index in [9.17, 15) is 4.39 Å². The summed E-state index contributed by atoms with van der Waals surface area (Å²) in [5, 5.41) is 0.662. The van der Waals surface area contributed by atoms with Gasteiger partial charge in [0.25, 0.3) is 0 Å². The van der Waals surface area contributed by atoms with Gasteiger partial charge in [0.05, 0.1) is 0 Å². The third kappa shape index (κ3) is 3.35. The summed E-state index contributed by atoms with van der Waals surface area (Å²) in [7, 11) is 0. The van der Waals surface area contributed by atoms with E-state index in [1.165, 1.54) is 17.8 Å². The van der Waals surface area contributed by atoms with Gasteiger partial charge in [-0.3, -0.25) is 0 Å². The summed E-state index contributed by atoms with van der Waals surface area (Å²) in [4.78, 5) is 9.70. The Kier molecular flexibility index (Phi) is 4.40. The van der Waals surface area contributed by atoms with Crippen molar-refractivity contribution >= 4 is 11.8 Å². The van der Waals surface area contributed by atoms with E-state index in [2.05, 4.69) is 9.97 Å². The lowest BCUT2D eigenvalue weighted by atomic mass is 10.1. The van der Waals surface area contributed by atoms with Crippen LogP contribution in [0.2, 0.25) is 0 Å². The molecule has 1 atom stereocenters. The number of rotatable bonds is 3. The minimum absolute atomic E-state index is 0.233. The molecule has 5 heteroatoms. The molecule has 0 aliphatic heterocycles. The molecule has 0 spiro atoms. The smallest absolute Gasteiger partial charge is 0.192 e. The highest BCUT2D eigenvalue weighted by Crippen LogP contribution is 2.32. The third-order valence-electron chi connectivity index (χ3n) is 2.94. The van der Waals surface area contributed by atoms with Gasteiger partial charge in [0.15, 0.2) is 5.16 Å². The molecule has 0 saturated heterocycles. The highest BCUT2D eigenvalue weighted by Gasteiger charge is 2.13. The Labute approximate surface area is 122 Å². The molecule has 1 unspecified atom stereocenters. The van der Waals surface area contributed by atoms with Crippen LogP contribution in [0.3, 0.4) is 0 Å². The first-order valence-corrected chi connectivity index (χ1v) is 7.24. The molecule has 0 bridgehead atoms. The van der Waals surface area contributed by atoms with Crippen LogP contribution in [-0.2, 0) is 0 Å². The first kappa shape index (κ1) is 14.9. The molecule has 0 radical (unpaired) electrons. The van der Waals surface area contributed by atoms with Gasteiger partial charge >= 0.3 is 0 Å². The molecule has 0 amide bonds. The Balaban J connectivity index is 2.44. The largest absolute Gasteiger partial charge is 0.324 e. The molecule has 1 heterocycles. The van der Waals surface area contributed by atoms with Crippen LogP contribution in [0.4, 0.5) is 4.39 Å². The zero-order valence-electron chi connectivity index (χ0n) is 12.1. The molecule has 1 aromatic carbocycles. The van der Waals surface area contributed by atoms with Crippen molar-refractivity contribution in [3.63, 3.8) is 0 Å². The van der Waals surface area contributed by atoms with E-state index in [1.54, 1.807) is 13.0 Å². The van der Waals surface area contributed by atoms with Crippen molar-refractivity contribution in [2.24, 2.45) is 5.73 Å². The molecule has 2 N–H and O–H groups in total. The van der Waals surface area contributed by atoms with Crippen molar-refractivity contribution in [3.8, 4) is 0 Å².